The Bertz CT molecular complexity index is 438. The number of benzene rings is 1. The monoisotopic (exact) mass is 354 g/mol. The first-order valence-corrected chi connectivity index (χ1v) is 5.94. The highest BCUT2D eigenvalue weighted by Crippen LogP contribution is 2.40. The van der Waals surface area contributed by atoms with Gasteiger partial charge in [0.25, 0.3) is 0 Å². The molecule has 1 N–H and O–H groups in total. The van der Waals surface area contributed by atoms with Crippen molar-refractivity contribution in [3.8, 4) is 5.06 Å². The van der Waals surface area contributed by atoms with E-state index in [0.29, 0.717) is 5.06 Å². The third-order valence-electron chi connectivity index (χ3n) is 1.59. The molecule has 1 aromatic heterocycles. The van der Waals surface area contributed by atoms with Gasteiger partial charge in [-0.05, 0) is 44.6 Å². The highest BCUT2D eigenvalue weighted by molar-refractivity contribution is 14.1. The van der Waals surface area contributed by atoms with Crippen molar-refractivity contribution in [1.29, 1.82) is 0 Å². The maximum atomic E-state index is 9.46. The number of hydrogen-bond donors (Lipinski definition) is 1. The standard InChI is InChI=1S/C8H4BrIOS/c9-5-3-1-2-4-6(10)8(11)12-7(4)5/h1-3,11H. The second kappa shape index (κ2) is 3.16. The predicted molar refractivity (Wildman–Crippen MR) is 63.9 cm³/mol. The van der Waals surface area contributed by atoms with Gasteiger partial charge in [-0.2, -0.15) is 0 Å². The zero-order chi connectivity index (χ0) is 8.72. The van der Waals surface area contributed by atoms with E-state index in [2.05, 4.69) is 38.5 Å². The summed E-state index contributed by atoms with van der Waals surface area (Å²) in [5, 5.41) is 11.0. The molecule has 0 saturated carbocycles. The van der Waals surface area contributed by atoms with Crippen LogP contribution in [-0.4, -0.2) is 5.11 Å². The largest absolute Gasteiger partial charge is 0.499 e. The highest BCUT2D eigenvalue weighted by Gasteiger charge is 2.09. The summed E-state index contributed by atoms with van der Waals surface area (Å²) in [7, 11) is 0. The third kappa shape index (κ3) is 1.25. The maximum Gasteiger partial charge on any atom is 0.186 e. The van der Waals surface area contributed by atoms with Gasteiger partial charge in [0.2, 0.25) is 0 Å². The van der Waals surface area contributed by atoms with E-state index in [4.69, 9.17) is 0 Å². The van der Waals surface area contributed by atoms with Crippen LogP contribution in [0, 0.1) is 3.57 Å². The molecular weight excluding hydrogens is 351 g/mol. The van der Waals surface area contributed by atoms with Crippen LogP contribution in [0.5, 0.6) is 5.06 Å². The predicted octanol–water partition coefficient (Wildman–Crippen LogP) is 3.97. The number of halogens is 2. The molecule has 0 radical (unpaired) electrons. The first-order chi connectivity index (χ1) is 5.70. The molecule has 1 nitrogen and oxygen atoms in total. The van der Waals surface area contributed by atoms with Crippen LogP contribution >= 0.6 is 49.9 Å². The van der Waals surface area contributed by atoms with Crippen molar-refractivity contribution in [2.24, 2.45) is 0 Å². The lowest BCUT2D eigenvalue weighted by Crippen LogP contribution is -1.67. The van der Waals surface area contributed by atoms with Gasteiger partial charge in [-0.3, -0.25) is 0 Å². The van der Waals surface area contributed by atoms with Crippen molar-refractivity contribution in [2.45, 2.75) is 0 Å². The Kier molecular flexibility index (Phi) is 2.31. The van der Waals surface area contributed by atoms with Crippen LogP contribution < -0.4 is 0 Å². The van der Waals surface area contributed by atoms with Crippen LogP contribution in [0.1, 0.15) is 0 Å². The van der Waals surface area contributed by atoms with Gasteiger partial charge in [0.1, 0.15) is 0 Å². The molecule has 0 unspecified atom stereocenters. The van der Waals surface area contributed by atoms with Crippen molar-refractivity contribution in [1.82, 2.24) is 0 Å². The number of rotatable bonds is 0. The zero-order valence-electron chi connectivity index (χ0n) is 5.84. The third-order valence-corrected chi connectivity index (χ3v) is 5.01. The van der Waals surface area contributed by atoms with Gasteiger partial charge in [0.05, 0.1) is 8.27 Å². The minimum atomic E-state index is 0.400. The number of fused-ring (bicyclic) bond motifs is 1. The van der Waals surface area contributed by atoms with E-state index in [1.165, 1.54) is 11.3 Å². The van der Waals surface area contributed by atoms with Crippen LogP contribution in [0.15, 0.2) is 22.7 Å². The fourth-order valence-corrected chi connectivity index (χ4v) is 3.45. The minimum absolute atomic E-state index is 0.400. The second-order valence-electron chi connectivity index (χ2n) is 2.34. The molecule has 4 heteroatoms. The Morgan fingerprint density at radius 3 is 2.83 bits per heavy atom. The van der Waals surface area contributed by atoms with E-state index < -0.39 is 0 Å². The first kappa shape index (κ1) is 8.77. The van der Waals surface area contributed by atoms with Crippen LogP contribution in [-0.2, 0) is 0 Å². The van der Waals surface area contributed by atoms with Gasteiger partial charge in [-0.15, -0.1) is 0 Å². The van der Waals surface area contributed by atoms with E-state index in [0.717, 1.165) is 18.1 Å². The Hall–Kier alpha value is 0.190. The van der Waals surface area contributed by atoms with Crippen molar-refractivity contribution < 1.29 is 5.11 Å². The van der Waals surface area contributed by atoms with Gasteiger partial charge < -0.3 is 5.11 Å². The summed E-state index contributed by atoms with van der Waals surface area (Å²) in [6.07, 6.45) is 0. The molecule has 1 aromatic carbocycles. The zero-order valence-corrected chi connectivity index (χ0v) is 10.4. The normalized spacial score (nSPS) is 10.8. The fourth-order valence-electron chi connectivity index (χ4n) is 1.04. The Balaban J connectivity index is 2.95. The van der Waals surface area contributed by atoms with Gasteiger partial charge in [0, 0.05) is 9.86 Å². The molecule has 1 heterocycles. The van der Waals surface area contributed by atoms with Crippen LogP contribution in [0.3, 0.4) is 0 Å². The van der Waals surface area contributed by atoms with Crippen LogP contribution in [0.25, 0.3) is 10.1 Å². The quantitative estimate of drug-likeness (QED) is 0.709. The van der Waals surface area contributed by atoms with Gasteiger partial charge >= 0.3 is 0 Å². The smallest absolute Gasteiger partial charge is 0.186 e. The molecule has 0 amide bonds. The molecule has 0 atom stereocenters. The first-order valence-electron chi connectivity index (χ1n) is 3.25. The summed E-state index contributed by atoms with van der Waals surface area (Å²) < 4.78 is 3.09. The van der Waals surface area contributed by atoms with Crippen LogP contribution in [0.4, 0.5) is 0 Å². The van der Waals surface area contributed by atoms with Crippen molar-refractivity contribution in [3.63, 3.8) is 0 Å². The molecule has 0 fully saturated rings. The van der Waals surface area contributed by atoms with E-state index in [-0.39, 0.29) is 0 Å². The molecule has 62 valence electrons. The highest BCUT2D eigenvalue weighted by atomic mass is 127. The topological polar surface area (TPSA) is 20.2 Å². The number of hydrogen-bond acceptors (Lipinski definition) is 2. The second-order valence-corrected chi connectivity index (χ2v) is 5.27. The molecule has 0 spiro atoms. The minimum Gasteiger partial charge on any atom is -0.499 e. The summed E-state index contributed by atoms with van der Waals surface area (Å²) in [5.74, 6) is 0. The van der Waals surface area contributed by atoms with Crippen molar-refractivity contribution >= 4 is 59.9 Å². The molecular formula is C8H4BrIOS. The Labute approximate surface area is 95.7 Å². The van der Waals surface area contributed by atoms with Crippen molar-refractivity contribution in [3.05, 3.63) is 26.2 Å². The lowest BCUT2D eigenvalue weighted by molar-refractivity contribution is 0.488. The summed E-state index contributed by atoms with van der Waals surface area (Å²) in [4.78, 5) is 0. The summed E-state index contributed by atoms with van der Waals surface area (Å²) in [5.41, 5.74) is 0. The van der Waals surface area contributed by atoms with E-state index in [1.807, 2.05) is 18.2 Å². The molecule has 0 aliphatic heterocycles. The SMILES string of the molecule is Oc1sc2c(Br)cccc2c1I. The van der Waals surface area contributed by atoms with Gasteiger partial charge in [-0.1, -0.05) is 23.5 Å². The van der Waals surface area contributed by atoms with E-state index in [9.17, 15) is 5.11 Å². The average Bonchev–Trinajstić information content (AvgIpc) is 2.32. The Morgan fingerprint density at radius 1 is 1.42 bits per heavy atom. The number of aromatic hydroxyl groups is 1. The maximum absolute atomic E-state index is 9.46. The molecule has 2 rings (SSSR count). The molecule has 2 aromatic rings. The Morgan fingerprint density at radius 2 is 2.17 bits per heavy atom. The lowest BCUT2D eigenvalue weighted by atomic mass is 10.3. The molecule has 0 aliphatic rings. The lowest BCUT2D eigenvalue weighted by Gasteiger charge is -1.91. The average molecular weight is 355 g/mol. The molecule has 0 bridgehead atoms. The van der Waals surface area contributed by atoms with E-state index >= 15 is 0 Å². The molecule has 0 saturated heterocycles. The van der Waals surface area contributed by atoms with Gasteiger partial charge in [-0.25, -0.2) is 0 Å². The van der Waals surface area contributed by atoms with Crippen molar-refractivity contribution in [2.75, 3.05) is 0 Å². The summed E-state index contributed by atoms with van der Waals surface area (Å²) >= 11 is 7.00. The number of thiophene rings is 1. The summed E-state index contributed by atoms with van der Waals surface area (Å²) in [6.45, 7) is 0. The van der Waals surface area contributed by atoms with E-state index in [1.54, 1.807) is 0 Å². The molecule has 12 heavy (non-hydrogen) atoms. The summed E-state index contributed by atoms with van der Waals surface area (Å²) in [6, 6.07) is 5.97. The van der Waals surface area contributed by atoms with Crippen LogP contribution in [0.2, 0.25) is 0 Å². The molecule has 0 aliphatic carbocycles. The fraction of sp³-hybridized carbons (Fsp3) is 0. The van der Waals surface area contributed by atoms with Gasteiger partial charge in [0.15, 0.2) is 5.06 Å².